The van der Waals surface area contributed by atoms with Crippen LogP contribution in [0.4, 0.5) is 11.4 Å². The first-order valence-corrected chi connectivity index (χ1v) is 18.2. The van der Waals surface area contributed by atoms with E-state index in [0.717, 1.165) is 54.2 Å². The SMILES string of the molecule is Clc1cc(N(Cc2ccccc2)Cc2ccccc2)ccc1C(c1ccccc1)c1ccc(N(Cc2ccccc2)Cc2ccccc2)cc1Cl. The van der Waals surface area contributed by atoms with Gasteiger partial charge < -0.3 is 9.80 Å². The van der Waals surface area contributed by atoms with Gasteiger partial charge in [-0.05, 0) is 63.2 Å². The molecule has 4 heteroatoms. The number of hydrogen-bond donors (Lipinski definition) is 0. The minimum atomic E-state index is -0.150. The highest BCUT2D eigenvalue weighted by Gasteiger charge is 2.24. The van der Waals surface area contributed by atoms with E-state index < -0.39 is 0 Å². The number of hydrogen-bond acceptors (Lipinski definition) is 2. The van der Waals surface area contributed by atoms with Crippen molar-refractivity contribution >= 4 is 34.6 Å². The third-order valence-electron chi connectivity index (χ3n) is 9.32. The third-order valence-corrected chi connectivity index (χ3v) is 9.97. The fraction of sp³-hybridized carbons (Fsp3) is 0.106. The maximum Gasteiger partial charge on any atom is 0.0468 e. The van der Waals surface area contributed by atoms with Gasteiger partial charge in [-0.15, -0.1) is 0 Å². The van der Waals surface area contributed by atoms with Gasteiger partial charge >= 0.3 is 0 Å². The molecule has 0 N–H and O–H groups in total. The molecule has 0 heterocycles. The van der Waals surface area contributed by atoms with Gasteiger partial charge in [0.05, 0.1) is 0 Å². The van der Waals surface area contributed by atoms with E-state index in [9.17, 15) is 0 Å². The smallest absolute Gasteiger partial charge is 0.0468 e. The summed E-state index contributed by atoms with van der Waals surface area (Å²) in [6.07, 6.45) is 0. The number of anilines is 2. The largest absolute Gasteiger partial charge is 0.363 e. The molecule has 0 atom stereocenters. The Balaban J connectivity index is 1.24. The summed E-state index contributed by atoms with van der Waals surface area (Å²) < 4.78 is 0. The minimum absolute atomic E-state index is 0.150. The average Bonchev–Trinajstić information content (AvgIpc) is 3.18. The minimum Gasteiger partial charge on any atom is -0.363 e. The molecule has 7 rings (SSSR count). The van der Waals surface area contributed by atoms with Crippen LogP contribution in [0.25, 0.3) is 0 Å². The molecule has 0 aliphatic rings. The zero-order valence-corrected chi connectivity index (χ0v) is 30.0. The number of halogens is 2. The first-order chi connectivity index (χ1) is 25.1. The number of nitrogens with zero attached hydrogens (tertiary/aromatic N) is 2. The van der Waals surface area contributed by atoms with Crippen molar-refractivity contribution in [1.82, 2.24) is 0 Å². The maximum absolute atomic E-state index is 7.31. The van der Waals surface area contributed by atoms with Gasteiger partial charge in [0, 0.05) is 53.5 Å². The average molecular weight is 704 g/mol. The molecule has 0 radical (unpaired) electrons. The van der Waals surface area contributed by atoms with Crippen molar-refractivity contribution in [2.24, 2.45) is 0 Å². The highest BCUT2D eigenvalue weighted by Crippen LogP contribution is 2.42. The topological polar surface area (TPSA) is 6.48 Å². The third kappa shape index (κ3) is 8.72. The number of benzene rings is 7. The molecular formula is C47H40Cl2N2. The van der Waals surface area contributed by atoms with Crippen molar-refractivity contribution in [3.05, 3.63) is 237 Å². The molecular weight excluding hydrogens is 663 g/mol. The summed E-state index contributed by atoms with van der Waals surface area (Å²) in [6, 6.07) is 65.9. The van der Waals surface area contributed by atoms with E-state index in [1.807, 2.05) is 6.07 Å². The van der Waals surface area contributed by atoms with E-state index in [1.54, 1.807) is 0 Å². The summed E-state index contributed by atoms with van der Waals surface area (Å²) in [4.78, 5) is 4.77. The van der Waals surface area contributed by atoms with Crippen molar-refractivity contribution in [2.45, 2.75) is 32.1 Å². The molecule has 252 valence electrons. The number of rotatable bonds is 13. The van der Waals surface area contributed by atoms with Crippen LogP contribution in [0.15, 0.2) is 188 Å². The summed E-state index contributed by atoms with van der Waals surface area (Å²) in [5, 5.41) is 1.42. The van der Waals surface area contributed by atoms with Crippen molar-refractivity contribution in [3.8, 4) is 0 Å². The van der Waals surface area contributed by atoms with Crippen LogP contribution in [-0.4, -0.2) is 0 Å². The zero-order chi connectivity index (χ0) is 34.8. The molecule has 7 aromatic carbocycles. The quantitative estimate of drug-likeness (QED) is 0.110. The zero-order valence-electron chi connectivity index (χ0n) is 28.5. The molecule has 0 spiro atoms. The lowest BCUT2D eigenvalue weighted by atomic mass is 9.84. The normalized spacial score (nSPS) is 11.0. The highest BCUT2D eigenvalue weighted by molar-refractivity contribution is 6.32. The van der Waals surface area contributed by atoms with Gasteiger partial charge in [0.1, 0.15) is 0 Å². The van der Waals surface area contributed by atoms with Crippen LogP contribution in [0.3, 0.4) is 0 Å². The Morgan fingerprint density at radius 2 is 0.647 bits per heavy atom. The summed E-state index contributed by atoms with van der Waals surface area (Å²) in [5.41, 5.74) is 10.3. The van der Waals surface area contributed by atoms with Gasteiger partial charge in [-0.1, -0.05) is 187 Å². The Kier molecular flexibility index (Phi) is 11.1. The van der Waals surface area contributed by atoms with Crippen molar-refractivity contribution in [3.63, 3.8) is 0 Å². The Bertz CT molecular complexity index is 1900. The maximum atomic E-state index is 7.31. The van der Waals surface area contributed by atoms with Gasteiger partial charge in [-0.25, -0.2) is 0 Å². The molecule has 0 unspecified atom stereocenters. The summed E-state index contributed by atoms with van der Waals surface area (Å²) in [5.74, 6) is -0.150. The van der Waals surface area contributed by atoms with Crippen LogP contribution in [0.1, 0.15) is 44.9 Å². The summed E-state index contributed by atoms with van der Waals surface area (Å²) >= 11 is 14.6. The molecule has 0 saturated heterocycles. The summed E-state index contributed by atoms with van der Waals surface area (Å²) in [6.45, 7) is 3.07. The van der Waals surface area contributed by atoms with Crippen molar-refractivity contribution < 1.29 is 0 Å². The lowest BCUT2D eigenvalue weighted by Gasteiger charge is -2.28. The lowest BCUT2D eigenvalue weighted by Crippen LogP contribution is -2.22. The van der Waals surface area contributed by atoms with Gasteiger partial charge in [-0.3, -0.25) is 0 Å². The van der Waals surface area contributed by atoms with Crippen molar-refractivity contribution in [2.75, 3.05) is 9.80 Å². The van der Waals surface area contributed by atoms with E-state index >= 15 is 0 Å². The van der Waals surface area contributed by atoms with Gasteiger partial charge in [0.15, 0.2) is 0 Å². The first kappa shape index (κ1) is 34.2. The molecule has 2 nitrogen and oxygen atoms in total. The van der Waals surface area contributed by atoms with Crippen LogP contribution in [0.5, 0.6) is 0 Å². The van der Waals surface area contributed by atoms with Gasteiger partial charge in [-0.2, -0.15) is 0 Å². The lowest BCUT2D eigenvalue weighted by molar-refractivity contribution is 0.798. The van der Waals surface area contributed by atoms with Crippen LogP contribution in [0.2, 0.25) is 10.0 Å². The predicted octanol–water partition coefficient (Wildman–Crippen LogP) is 12.6. The second-order valence-electron chi connectivity index (χ2n) is 12.9. The molecule has 0 aliphatic heterocycles. The van der Waals surface area contributed by atoms with Crippen LogP contribution in [-0.2, 0) is 26.2 Å². The Morgan fingerprint density at radius 3 is 0.941 bits per heavy atom. The van der Waals surface area contributed by atoms with E-state index in [-0.39, 0.29) is 5.92 Å². The second kappa shape index (κ2) is 16.6. The van der Waals surface area contributed by atoms with Crippen molar-refractivity contribution in [1.29, 1.82) is 0 Å². The second-order valence-corrected chi connectivity index (χ2v) is 13.7. The van der Waals surface area contributed by atoms with E-state index in [4.69, 9.17) is 23.2 Å². The predicted molar refractivity (Wildman–Crippen MR) is 216 cm³/mol. The molecule has 7 aromatic rings. The molecule has 0 fully saturated rings. The van der Waals surface area contributed by atoms with E-state index in [1.165, 1.54) is 22.3 Å². The van der Waals surface area contributed by atoms with Crippen LogP contribution in [0, 0.1) is 0 Å². The first-order valence-electron chi connectivity index (χ1n) is 17.4. The monoisotopic (exact) mass is 702 g/mol. The van der Waals surface area contributed by atoms with Gasteiger partial charge in [0.25, 0.3) is 0 Å². The molecule has 0 aliphatic carbocycles. The van der Waals surface area contributed by atoms with Crippen LogP contribution < -0.4 is 9.80 Å². The van der Waals surface area contributed by atoms with Crippen LogP contribution >= 0.6 is 23.2 Å². The fourth-order valence-electron chi connectivity index (χ4n) is 6.76. The Hall–Kier alpha value is -5.28. The molecule has 0 aromatic heterocycles. The molecule has 0 bridgehead atoms. The standard InChI is InChI=1S/C47H40Cl2N2/c48-45-30-41(50(32-36-16-6-1-7-17-36)33-37-18-8-2-9-19-37)26-28-43(45)47(40-24-14-5-15-25-40)44-29-27-42(31-46(44)49)51(34-38-20-10-3-11-21-38)35-39-22-12-4-13-23-39/h1-31,47H,32-35H2. The molecule has 0 amide bonds. The van der Waals surface area contributed by atoms with Gasteiger partial charge in [0.2, 0.25) is 0 Å². The summed E-state index contributed by atoms with van der Waals surface area (Å²) in [7, 11) is 0. The highest BCUT2D eigenvalue weighted by atomic mass is 35.5. The van der Waals surface area contributed by atoms with E-state index in [0.29, 0.717) is 10.0 Å². The molecule has 51 heavy (non-hydrogen) atoms. The van der Waals surface area contributed by atoms with E-state index in [2.05, 4.69) is 192 Å². The molecule has 0 saturated carbocycles. The Labute approximate surface area is 312 Å². The fourth-order valence-corrected chi connectivity index (χ4v) is 7.33. The Morgan fingerprint density at radius 1 is 0.353 bits per heavy atom.